The van der Waals surface area contributed by atoms with Crippen molar-refractivity contribution in [2.75, 3.05) is 11.9 Å². The van der Waals surface area contributed by atoms with E-state index in [9.17, 15) is 14.7 Å². The van der Waals surface area contributed by atoms with Crippen LogP contribution in [0.1, 0.15) is 42.0 Å². The second-order valence-corrected chi connectivity index (χ2v) is 10.7. The first kappa shape index (κ1) is 28.0. The van der Waals surface area contributed by atoms with E-state index in [4.69, 9.17) is 4.99 Å². The minimum atomic E-state index is -1.43. The number of carbonyl (C=O) groups is 2. The van der Waals surface area contributed by atoms with Gasteiger partial charge >= 0.3 is 5.97 Å². The molecule has 2 atom stereocenters. The van der Waals surface area contributed by atoms with Gasteiger partial charge in [-0.1, -0.05) is 109 Å². The van der Waals surface area contributed by atoms with Crippen molar-refractivity contribution in [3.05, 3.63) is 138 Å². The quantitative estimate of drug-likeness (QED) is 0.232. The zero-order valence-corrected chi connectivity index (χ0v) is 23.2. The molecule has 0 spiro atoms. The molecule has 6 heteroatoms. The SMILES string of the molecule is C[C@@](Cc1ccccc1)(N=C(c1ccccc1)c1ccccc1NC(=O)C1CCCN1Cc1ccccc1)C(=O)O. The minimum Gasteiger partial charge on any atom is -0.479 e. The van der Waals surface area contributed by atoms with Crippen LogP contribution in [0.3, 0.4) is 0 Å². The largest absolute Gasteiger partial charge is 0.479 e. The van der Waals surface area contributed by atoms with E-state index >= 15 is 0 Å². The number of hydrogen-bond acceptors (Lipinski definition) is 4. The first-order chi connectivity index (χ1) is 19.9. The molecule has 0 aromatic heterocycles. The van der Waals surface area contributed by atoms with E-state index in [1.54, 1.807) is 6.92 Å². The molecule has 0 radical (unpaired) electrons. The number of carboxylic acids is 1. The van der Waals surface area contributed by atoms with Crippen LogP contribution >= 0.6 is 0 Å². The van der Waals surface area contributed by atoms with Gasteiger partial charge in [-0.25, -0.2) is 4.79 Å². The van der Waals surface area contributed by atoms with E-state index in [0.29, 0.717) is 23.5 Å². The van der Waals surface area contributed by atoms with Crippen LogP contribution in [-0.4, -0.2) is 45.7 Å². The first-order valence-corrected chi connectivity index (χ1v) is 14.0. The Bertz CT molecular complexity index is 1510. The van der Waals surface area contributed by atoms with Crippen LogP contribution in [0.2, 0.25) is 0 Å². The molecule has 0 saturated carbocycles. The van der Waals surface area contributed by atoms with E-state index in [1.807, 2.05) is 103 Å². The lowest BCUT2D eigenvalue weighted by Gasteiger charge is -2.25. The molecule has 0 bridgehead atoms. The van der Waals surface area contributed by atoms with Gasteiger partial charge in [0.25, 0.3) is 0 Å². The van der Waals surface area contributed by atoms with Crippen molar-refractivity contribution < 1.29 is 14.7 Å². The van der Waals surface area contributed by atoms with E-state index in [2.05, 4.69) is 22.3 Å². The molecule has 1 fully saturated rings. The number of benzene rings is 4. The Morgan fingerprint density at radius 3 is 2.10 bits per heavy atom. The van der Waals surface area contributed by atoms with Crippen molar-refractivity contribution >= 4 is 23.3 Å². The van der Waals surface area contributed by atoms with Gasteiger partial charge in [-0.15, -0.1) is 0 Å². The number of amides is 1. The van der Waals surface area contributed by atoms with Crippen LogP contribution < -0.4 is 5.32 Å². The summed E-state index contributed by atoms with van der Waals surface area (Å²) in [7, 11) is 0. The van der Waals surface area contributed by atoms with Crippen molar-refractivity contribution in [3.63, 3.8) is 0 Å². The molecule has 4 aromatic rings. The van der Waals surface area contributed by atoms with Crippen molar-refractivity contribution in [2.45, 2.75) is 44.3 Å². The van der Waals surface area contributed by atoms with Crippen LogP contribution in [0, 0.1) is 0 Å². The monoisotopic (exact) mass is 545 g/mol. The van der Waals surface area contributed by atoms with Gasteiger partial charge in [0.2, 0.25) is 5.91 Å². The highest BCUT2D eigenvalue weighted by Crippen LogP contribution is 2.27. The van der Waals surface area contributed by atoms with Crippen LogP contribution in [0.25, 0.3) is 0 Å². The molecule has 5 rings (SSSR count). The Labute approximate surface area is 241 Å². The van der Waals surface area contributed by atoms with Crippen LogP contribution in [0.5, 0.6) is 0 Å². The third kappa shape index (κ3) is 6.79. The van der Waals surface area contributed by atoms with Gasteiger partial charge in [0, 0.05) is 24.1 Å². The second-order valence-electron chi connectivity index (χ2n) is 10.7. The fourth-order valence-corrected chi connectivity index (χ4v) is 5.42. The Morgan fingerprint density at radius 1 is 0.854 bits per heavy atom. The van der Waals surface area contributed by atoms with E-state index < -0.39 is 11.5 Å². The van der Waals surface area contributed by atoms with Crippen LogP contribution in [-0.2, 0) is 22.6 Å². The number of nitrogens with one attached hydrogen (secondary N) is 1. The van der Waals surface area contributed by atoms with Crippen molar-refractivity contribution in [3.8, 4) is 0 Å². The highest BCUT2D eigenvalue weighted by atomic mass is 16.4. The lowest BCUT2D eigenvalue weighted by molar-refractivity contribution is -0.142. The molecule has 208 valence electrons. The summed E-state index contributed by atoms with van der Waals surface area (Å²) in [6, 6.07) is 36.5. The molecular weight excluding hydrogens is 510 g/mol. The van der Waals surface area contributed by atoms with Crippen molar-refractivity contribution in [1.82, 2.24) is 4.90 Å². The normalized spacial score (nSPS) is 17.1. The highest BCUT2D eigenvalue weighted by Gasteiger charge is 2.35. The number of carbonyl (C=O) groups excluding carboxylic acids is 1. The molecule has 1 amide bonds. The maximum atomic E-state index is 13.7. The predicted molar refractivity (Wildman–Crippen MR) is 163 cm³/mol. The zero-order valence-electron chi connectivity index (χ0n) is 23.2. The lowest BCUT2D eigenvalue weighted by Crippen LogP contribution is -2.39. The molecule has 2 N–H and O–H groups in total. The average molecular weight is 546 g/mol. The summed E-state index contributed by atoms with van der Waals surface area (Å²) in [6.45, 7) is 3.22. The number of aliphatic carboxylic acids is 1. The summed E-state index contributed by atoms with van der Waals surface area (Å²) >= 11 is 0. The molecule has 1 heterocycles. The third-order valence-corrected chi connectivity index (χ3v) is 7.59. The van der Waals surface area contributed by atoms with Gasteiger partial charge in [-0.3, -0.25) is 14.7 Å². The first-order valence-electron chi connectivity index (χ1n) is 14.0. The number of carboxylic acid groups (broad SMARTS) is 1. The number of rotatable bonds is 10. The summed E-state index contributed by atoms with van der Waals surface area (Å²) in [5, 5.41) is 13.5. The Balaban J connectivity index is 1.49. The van der Waals surface area contributed by atoms with Gasteiger partial charge < -0.3 is 10.4 Å². The van der Waals surface area contributed by atoms with Gasteiger partial charge in [0.05, 0.1) is 17.4 Å². The average Bonchev–Trinajstić information content (AvgIpc) is 3.46. The Kier molecular flexibility index (Phi) is 8.70. The number of hydrogen-bond donors (Lipinski definition) is 2. The molecule has 41 heavy (non-hydrogen) atoms. The molecule has 1 unspecified atom stereocenters. The van der Waals surface area contributed by atoms with Crippen molar-refractivity contribution in [2.24, 2.45) is 4.99 Å². The number of nitrogens with zero attached hydrogens (tertiary/aromatic N) is 2. The Hall–Kier alpha value is -4.55. The van der Waals surface area contributed by atoms with E-state index in [0.717, 1.165) is 30.5 Å². The summed E-state index contributed by atoms with van der Waals surface area (Å²) in [5.74, 6) is -1.08. The fraction of sp³-hybridized carbons (Fsp3) is 0.229. The smallest absolute Gasteiger partial charge is 0.331 e. The number of likely N-dealkylation sites (tertiary alicyclic amines) is 1. The van der Waals surface area contributed by atoms with Gasteiger partial charge in [-0.05, 0) is 43.5 Å². The topological polar surface area (TPSA) is 82.0 Å². The zero-order chi connectivity index (χ0) is 28.7. The van der Waals surface area contributed by atoms with Crippen LogP contribution in [0.15, 0.2) is 120 Å². The molecular formula is C35H35N3O3. The molecule has 1 aliphatic heterocycles. The van der Waals surface area contributed by atoms with Gasteiger partial charge in [-0.2, -0.15) is 0 Å². The Morgan fingerprint density at radius 2 is 1.44 bits per heavy atom. The van der Waals surface area contributed by atoms with Gasteiger partial charge in [0.1, 0.15) is 0 Å². The number of anilines is 1. The third-order valence-electron chi connectivity index (χ3n) is 7.59. The van der Waals surface area contributed by atoms with Gasteiger partial charge in [0.15, 0.2) is 5.54 Å². The highest BCUT2D eigenvalue weighted by molar-refractivity contribution is 6.18. The molecule has 4 aromatic carbocycles. The summed E-state index contributed by atoms with van der Waals surface area (Å²) in [5.41, 5.74) is 3.23. The maximum Gasteiger partial charge on any atom is 0.331 e. The van der Waals surface area contributed by atoms with E-state index in [-0.39, 0.29) is 18.4 Å². The fourth-order valence-electron chi connectivity index (χ4n) is 5.42. The molecule has 1 aliphatic rings. The number of aliphatic imine (C=N–C) groups is 1. The minimum absolute atomic E-state index is 0.0661. The standard InChI is InChI=1S/C35H35N3O3/c1-35(34(40)41,24-26-14-5-2-6-15-26)37-32(28-18-9-4-10-19-28)29-20-11-12-21-30(29)36-33(39)31-22-13-23-38(31)25-27-16-7-3-8-17-27/h2-12,14-21,31H,13,22-25H2,1H3,(H,36,39)(H,40,41)/t31?,35-/m0/s1. The predicted octanol–water partition coefficient (Wildman–Crippen LogP) is 6.21. The molecule has 1 saturated heterocycles. The van der Waals surface area contributed by atoms with E-state index in [1.165, 1.54) is 5.56 Å². The molecule has 0 aliphatic carbocycles. The lowest BCUT2D eigenvalue weighted by atomic mass is 9.91. The summed E-state index contributed by atoms with van der Waals surface area (Å²) < 4.78 is 0. The molecule has 6 nitrogen and oxygen atoms in total. The summed E-state index contributed by atoms with van der Waals surface area (Å²) in [4.78, 5) is 33.5. The number of para-hydroxylation sites is 1. The summed E-state index contributed by atoms with van der Waals surface area (Å²) in [6.07, 6.45) is 1.97. The van der Waals surface area contributed by atoms with Crippen LogP contribution in [0.4, 0.5) is 5.69 Å². The second kappa shape index (κ2) is 12.7. The van der Waals surface area contributed by atoms with Crippen molar-refractivity contribution in [1.29, 1.82) is 0 Å². The maximum absolute atomic E-state index is 13.7.